The third-order valence-corrected chi connectivity index (χ3v) is 5.57. The summed E-state index contributed by atoms with van der Waals surface area (Å²) in [7, 11) is 0. The van der Waals surface area contributed by atoms with Crippen molar-refractivity contribution >= 4 is 17.7 Å². The number of aromatic nitrogens is 1. The van der Waals surface area contributed by atoms with Gasteiger partial charge in [-0.2, -0.15) is 0 Å². The summed E-state index contributed by atoms with van der Waals surface area (Å²) >= 11 is 0. The summed E-state index contributed by atoms with van der Waals surface area (Å²) in [5.74, 6) is -1.52. The molecule has 2 aromatic carbocycles. The second-order valence-electron chi connectivity index (χ2n) is 7.73. The third-order valence-electron chi connectivity index (χ3n) is 5.57. The molecular weight excluding hydrogens is 446 g/mol. The maximum atomic E-state index is 13.5. The quantitative estimate of drug-likeness (QED) is 0.600. The topological polar surface area (TPSA) is 95.8 Å². The Hall–Kier alpha value is -4.08. The predicted octanol–water partition coefficient (Wildman–Crippen LogP) is 2.66. The zero-order valence-electron chi connectivity index (χ0n) is 18.2. The number of carbonyl (C=O) groups is 3. The van der Waals surface area contributed by atoms with Crippen LogP contribution in [0.5, 0.6) is 0 Å². The van der Waals surface area contributed by atoms with Crippen molar-refractivity contribution in [1.29, 1.82) is 0 Å². The fourth-order valence-corrected chi connectivity index (χ4v) is 3.67. The summed E-state index contributed by atoms with van der Waals surface area (Å²) in [6.07, 6.45) is 0. The highest BCUT2D eigenvalue weighted by Gasteiger charge is 2.26. The van der Waals surface area contributed by atoms with E-state index in [9.17, 15) is 23.2 Å². The van der Waals surface area contributed by atoms with Gasteiger partial charge in [-0.15, -0.1) is 0 Å². The minimum absolute atomic E-state index is 0.0166. The summed E-state index contributed by atoms with van der Waals surface area (Å²) in [5.41, 5.74) is 0.933. The highest BCUT2D eigenvalue weighted by atomic mass is 19.1. The van der Waals surface area contributed by atoms with E-state index in [4.69, 9.17) is 4.52 Å². The van der Waals surface area contributed by atoms with Crippen LogP contribution in [0.1, 0.15) is 26.4 Å². The van der Waals surface area contributed by atoms with Crippen LogP contribution in [0.15, 0.2) is 59.1 Å². The summed E-state index contributed by atoms with van der Waals surface area (Å²) in [6, 6.07) is 14.1. The van der Waals surface area contributed by atoms with Crippen molar-refractivity contribution < 1.29 is 27.7 Å². The van der Waals surface area contributed by atoms with Gasteiger partial charge >= 0.3 is 0 Å². The van der Waals surface area contributed by atoms with Crippen LogP contribution in [-0.4, -0.2) is 65.4 Å². The van der Waals surface area contributed by atoms with Gasteiger partial charge in [-0.3, -0.25) is 14.4 Å². The first-order valence-corrected chi connectivity index (χ1v) is 10.7. The number of nitrogens with zero attached hydrogens (tertiary/aromatic N) is 3. The Morgan fingerprint density at radius 3 is 2.38 bits per heavy atom. The van der Waals surface area contributed by atoms with Crippen LogP contribution in [0.25, 0.3) is 11.3 Å². The lowest BCUT2D eigenvalue weighted by molar-refractivity contribution is -0.131. The number of carbonyl (C=O) groups excluding carboxylic acids is 3. The lowest BCUT2D eigenvalue weighted by atomic mass is 10.1. The number of piperazine rings is 1. The second kappa shape index (κ2) is 10.2. The van der Waals surface area contributed by atoms with E-state index in [1.807, 2.05) is 30.3 Å². The molecule has 3 amide bonds. The molecule has 0 saturated carbocycles. The molecule has 0 atom stereocenters. The standard InChI is InChI=1S/C24H22F2N4O4/c25-14-17-6-7-18(26)12-19(17)24(33)30-10-8-29(9-11-30)22(31)15-27-23(32)20-13-21(34-28-20)16-4-2-1-3-5-16/h1-7,12-13H,8-11,14-15H2,(H,27,32). The number of amides is 3. The highest BCUT2D eigenvalue weighted by molar-refractivity contribution is 5.96. The van der Waals surface area contributed by atoms with Crippen LogP contribution >= 0.6 is 0 Å². The van der Waals surface area contributed by atoms with E-state index >= 15 is 0 Å². The molecule has 1 fully saturated rings. The first-order chi connectivity index (χ1) is 16.5. The molecule has 2 heterocycles. The van der Waals surface area contributed by atoms with Crippen LogP contribution in [0.3, 0.4) is 0 Å². The van der Waals surface area contributed by atoms with E-state index in [2.05, 4.69) is 10.5 Å². The average Bonchev–Trinajstić information content (AvgIpc) is 3.38. The van der Waals surface area contributed by atoms with Gasteiger partial charge in [0.15, 0.2) is 11.5 Å². The first-order valence-electron chi connectivity index (χ1n) is 10.7. The van der Waals surface area contributed by atoms with Crippen molar-refractivity contribution in [2.75, 3.05) is 32.7 Å². The summed E-state index contributed by atoms with van der Waals surface area (Å²) < 4.78 is 31.9. The van der Waals surface area contributed by atoms with Crippen molar-refractivity contribution in [2.45, 2.75) is 6.67 Å². The van der Waals surface area contributed by atoms with Gasteiger partial charge in [0.2, 0.25) is 5.91 Å². The molecule has 34 heavy (non-hydrogen) atoms. The van der Waals surface area contributed by atoms with Gasteiger partial charge in [-0.1, -0.05) is 41.6 Å². The minimum atomic E-state index is -0.877. The summed E-state index contributed by atoms with van der Waals surface area (Å²) in [4.78, 5) is 40.5. The van der Waals surface area contributed by atoms with Gasteiger partial charge < -0.3 is 19.6 Å². The maximum Gasteiger partial charge on any atom is 0.273 e. The van der Waals surface area contributed by atoms with Gasteiger partial charge in [0.1, 0.15) is 12.5 Å². The number of benzene rings is 2. The Balaban J connectivity index is 1.28. The zero-order chi connectivity index (χ0) is 24.1. The van der Waals surface area contributed by atoms with Crippen molar-refractivity contribution in [3.8, 4) is 11.3 Å². The smallest absolute Gasteiger partial charge is 0.273 e. The van der Waals surface area contributed by atoms with Crippen LogP contribution in [-0.2, 0) is 11.5 Å². The molecule has 1 N–H and O–H groups in total. The fraction of sp³-hybridized carbons (Fsp3) is 0.250. The molecule has 4 rings (SSSR count). The Morgan fingerprint density at radius 1 is 0.971 bits per heavy atom. The van der Waals surface area contributed by atoms with Crippen LogP contribution in [0.4, 0.5) is 8.78 Å². The van der Waals surface area contributed by atoms with Gasteiger partial charge in [0.05, 0.1) is 6.54 Å². The number of rotatable bonds is 6. The molecule has 1 saturated heterocycles. The molecule has 176 valence electrons. The lowest BCUT2D eigenvalue weighted by Crippen LogP contribution is -2.52. The highest BCUT2D eigenvalue weighted by Crippen LogP contribution is 2.20. The largest absolute Gasteiger partial charge is 0.355 e. The molecule has 0 aliphatic carbocycles. The molecule has 10 heteroatoms. The Labute approximate surface area is 194 Å². The van der Waals surface area contributed by atoms with E-state index in [1.54, 1.807) is 0 Å². The van der Waals surface area contributed by atoms with Gasteiger partial charge in [-0.25, -0.2) is 8.78 Å². The SMILES string of the molecule is O=C(NCC(=O)N1CCN(C(=O)c2cc(F)ccc2CF)CC1)c1cc(-c2ccccc2)on1. The third kappa shape index (κ3) is 5.11. The molecule has 0 radical (unpaired) electrons. The van der Waals surface area contributed by atoms with Crippen LogP contribution in [0.2, 0.25) is 0 Å². The monoisotopic (exact) mass is 468 g/mol. The van der Waals surface area contributed by atoms with E-state index in [1.165, 1.54) is 21.9 Å². The Morgan fingerprint density at radius 2 is 1.68 bits per heavy atom. The maximum absolute atomic E-state index is 13.5. The van der Waals surface area contributed by atoms with Crippen LogP contribution < -0.4 is 5.32 Å². The summed E-state index contributed by atoms with van der Waals surface area (Å²) in [6.45, 7) is -0.214. The Bertz CT molecular complexity index is 1190. The minimum Gasteiger partial charge on any atom is -0.355 e. The second-order valence-corrected chi connectivity index (χ2v) is 7.73. The molecule has 1 aliphatic heterocycles. The van der Waals surface area contributed by atoms with E-state index in [0.29, 0.717) is 5.76 Å². The number of alkyl halides is 1. The first kappa shape index (κ1) is 23.1. The molecule has 0 spiro atoms. The molecule has 0 unspecified atom stereocenters. The van der Waals surface area contributed by atoms with Gasteiger partial charge in [0.25, 0.3) is 11.8 Å². The Kier molecular flexibility index (Phi) is 6.95. The molecule has 0 bridgehead atoms. The molecular formula is C24H22F2N4O4. The van der Waals surface area contributed by atoms with E-state index < -0.39 is 24.3 Å². The predicted molar refractivity (Wildman–Crippen MR) is 118 cm³/mol. The van der Waals surface area contributed by atoms with Gasteiger partial charge in [-0.05, 0) is 17.7 Å². The van der Waals surface area contributed by atoms with Crippen molar-refractivity contribution in [3.05, 3.63) is 77.2 Å². The zero-order valence-corrected chi connectivity index (χ0v) is 18.2. The normalized spacial score (nSPS) is 13.6. The van der Waals surface area contributed by atoms with Gasteiger partial charge in [0, 0.05) is 43.4 Å². The average molecular weight is 468 g/mol. The van der Waals surface area contributed by atoms with Crippen molar-refractivity contribution in [3.63, 3.8) is 0 Å². The molecule has 1 aliphatic rings. The van der Waals surface area contributed by atoms with E-state index in [-0.39, 0.29) is 55.5 Å². The summed E-state index contributed by atoms with van der Waals surface area (Å²) in [5, 5.41) is 6.28. The van der Waals surface area contributed by atoms with Crippen LogP contribution in [0, 0.1) is 5.82 Å². The molecule has 8 nitrogen and oxygen atoms in total. The number of halogens is 2. The molecule has 3 aromatic rings. The molecule has 1 aromatic heterocycles. The number of hydrogen-bond donors (Lipinski definition) is 1. The van der Waals surface area contributed by atoms with Crippen molar-refractivity contribution in [1.82, 2.24) is 20.3 Å². The van der Waals surface area contributed by atoms with Crippen molar-refractivity contribution in [2.24, 2.45) is 0 Å². The number of nitrogens with one attached hydrogen (secondary N) is 1. The lowest BCUT2D eigenvalue weighted by Gasteiger charge is -2.35. The number of hydrogen-bond acceptors (Lipinski definition) is 5. The van der Waals surface area contributed by atoms with E-state index in [0.717, 1.165) is 17.7 Å². The fourth-order valence-electron chi connectivity index (χ4n) is 3.67.